The van der Waals surface area contributed by atoms with Gasteiger partial charge in [0.15, 0.2) is 5.78 Å². The standard InChI is InChI=1S/C11H16O3/c1-8-3-4-9(10(12)7-8)5-6-11(13)14-2/h4,8H,3,5-7H2,1-2H3. The molecule has 0 saturated carbocycles. The molecule has 14 heavy (non-hydrogen) atoms. The Hall–Kier alpha value is -1.12. The third kappa shape index (κ3) is 2.98. The average Bonchev–Trinajstić information content (AvgIpc) is 2.16. The monoisotopic (exact) mass is 196 g/mol. The van der Waals surface area contributed by atoms with E-state index in [9.17, 15) is 9.59 Å². The summed E-state index contributed by atoms with van der Waals surface area (Å²) >= 11 is 0. The lowest BCUT2D eigenvalue weighted by Gasteiger charge is -2.16. The van der Waals surface area contributed by atoms with E-state index < -0.39 is 0 Å². The van der Waals surface area contributed by atoms with Gasteiger partial charge in [0.05, 0.1) is 7.11 Å². The minimum absolute atomic E-state index is 0.188. The van der Waals surface area contributed by atoms with Gasteiger partial charge in [-0.3, -0.25) is 9.59 Å². The Labute approximate surface area is 84.1 Å². The summed E-state index contributed by atoms with van der Waals surface area (Å²) in [6.45, 7) is 2.06. The first-order valence-corrected chi connectivity index (χ1v) is 4.92. The highest BCUT2D eigenvalue weighted by molar-refractivity contribution is 5.96. The molecule has 1 unspecified atom stereocenters. The quantitative estimate of drug-likeness (QED) is 0.647. The van der Waals surface area contributed by atoms with Crippen LogP contribution in [0.25, 0.3) is 0 Å². The number of esters is 1. The van der Waals surface area contributed by atoms with E-state index in [1.54, 1.807) is 0 Å². The highest BCUT2D eigenvalue weighted by Gasteiger charge is 2.18. The summed E-state index contributed by atoms with van der Waals surface area (Å²) < 4.78 is 4.52. The van der Waals surface area contributed by atoms with Crippen molar-refractivity contribution in [2.24, 2.45) is 5.92 Å². The first-order chi connectivity index (χ1) is 6.63. The number of Topliss-reactive ketones (excluding diaryl/α,β-unsaturated/α-hetero) is 1. The number of rotatable bonds is 3. The van der Waals surface area contributed by atoms with Gasteiger partial charge in [-0.2, -0.15) is 0 Å². The number of ketones is 1. The molecule has 0 aliphatic heterocycles. The molecular formula is C11H16O3. The molecule has 1 aliphatic rings. The van der Waals surface area contributed by atoms with Crippen LogP contribution in [0.1, 0.15) is 32.6 Å². The highest BCUT2D eigenvalue weighted by Crippen LogP contribution is 2.22. The molecule has 78 valence electrons. The van der Waals surface area contributed by atoms with Crippen LogP contribution < -0.4 is 0 Å². The molecule has 3 nitrogen and oxygen atoms in total. The minimum atomic E-state index is -0.252. The Morgan fingerprint density at radius 3 is 2.93 bits per heavy atom. The van der Waals surface area contributed by atoms with Crippen molar-refractivity contribution in [1.82, 2.24) is 0 Å². The molecule has 1 atom stereocenters. The van der Waals surface area contributed by atoms with Gasteiger partial charge in [-0.25, -0.2) is 0 Å². The van der Waals surface area contributed by atoms with E-state index in [-0.39, 0.29) is 11.8 Å². The van der Waals surface area contributed by atoms with Crippen molar-refractivity contribution < 1.29 is 14.3 Å². The van der Waals surface area contributed by atoms with Crippen molar-refractivity contribution in [2.75, 3.05) is 7.11 Å². The molecule has 1 aliphatic carbocycles. The molecule has 0 amide bonds. The first kappa shape index (κ1) is 11.0. The van der Waals surface area contributed by atoms with Gasteiger partial charge in [-0.1, -0.05) is 13.0 Å². The van der Waals surface area contributed by atoms with Crippen LogP contribution >= 0.6 is 0 Å². The zero-order valence-corrected chi connectivity index (χ0v) is 8.71. The number of ether oxygens (including phenoxy) is 1. The molecule has 0 aromatic carbocycles. The van der Waals surface area contributed by atoms with Gasteiger partial charge in [0.1, 0.15) is 0 Å². The third-order valence-electron chi connectivity index (χ3n) is 2.48. The van der Waals surface area contributed by atoms with E-state index in [1.807, 2.05) is 6.08 Å². The average molecular weight is 196 g/mol. The minimum Gasteiger partial charge on any atom is -0.469 e. The summed E-state index contributed by atoms with van der Waals surface area (Å²) in [6, 6.07) is 0. The van der Waals surface area contributed by atoms with Gasteiger partial charge >= 0.3 is 5.97 Å². The van der Waals surface area contributed by atoms with Crippen LogP contribution in [-0.2, 0) is 14.3 Å². The Morgan fingerprint density at radius 1 is 1.64 bits per heavy atom. The fourth-order valence-electron chi connectivity index (χ4n) is 1.57. The molecule has 0 spiro atoms. The van der Waals surface area contributed by atoms with Gasteiger partial charge in [-0.15, -0.1) is 0 Å². The molecule has 0 aromatic heterocycles. The molecule has 0 N–H and O–H groups in total. The van der Waals surface area contributed by atoms with E-state index in [1.165, 1.54) is 7.11 Å². The Morgan fingerprint density at radius 2 is 2.36 bits per heavy atom. The van der Waals surface area contributed by atoms with Crippen LogP contribution in [-0.4, -0.2) is 18.9 Å². The van der Waals surface area contributed by atoms with Gasteiger partial charge in [-0.05, 0) is 24.3 Å². The summed E-state index contributed by atoms with van der Waals surface area (Å²) in [5.74, 6) is 0.384. The van der Waals surface area contributed by atoms with E-state index in [0.717, 1.165) is 12.0 Å². The highest BCUT2D eigenvalue weighted by atomic mass is 16.5. The van der Waals surface area contributed by atoms with E-state index in [4.69, 9.17) is 0 Å². The van der Waals surface area contributed by atoms with Gasteiger partial charge < -0.3 is 4.74 Å². The van der Waals surface area contributed by atoms with Crippen molar-refractivity contribution in [1.29, 1.82) is 0 Å². The first-order valence-electron chi connectivity index (χ1n) is 4.92. The summed E-state index contributed by atoms with van der Waals surface area (Å²) in [6.07, 6.45) is 4.36. The van der Waals surface area contributed by atoms with Crippen molar-refractivity contribution >= 4 is 11.8 Å². The van der Waals surface area contributed by atoms with Gasteiger partial charge in [0.2, 0.25) is 0 Å². The smallest absolute Gasteiger partial charge is 0.305 e. The lowest BCUT2D eigenvalue weighted by molar-refractivity contribution is -0.140. The zero-order chi connectivity index (χ0) is 10.6. The van der Waals surface area contributed by atoms with Crippen molar-refractivity contribution in [3.05, 3.63) is 11.6 Å². The van der Waals surface area contributed by atoms with Crippen LogP contribution in [0, 0.1) is 5.92 Å². The number of carbonyl (C=O) groups is 2. The maximum atomic E-state index is 11.5. The van der Waals surface area contributed by atoms with Crippen LogP contribution in [0.15, 0.2) is 11.6 Å². The fourth-order valence-corrected chi connectivity index (χ4v) is 1.57. The molecule has 0 fully saturated rings. The SMILES string of the molecule is COC(=O)CCC1=CCC(C)CC1=O. The van der Waals surface area contributed by atoms with Crippen molar-refractivity contribution in [3.63, 3.8) is 0 Å². The van der Waals surface area contributed by atoms with E-state index in [2.05, 4.69) is 11.7 Å². The number of methoxy groups -OCH3 is 1. The normalized spacial score (nSPS) is 21.7. The van der Waals surface area contributed by atoms with Crippen LogP contribution in [0.3, 0.4) is 0 Å². The third-order valence-corrected chi connectivity index (χ3v) is 2.48. The topological polar surface area (TPSA) is 43.4 Å². The molecule has 0 saturated heterocycles. The number of hydrogen-bond donors (Lipinski definition) is 0. The molecule has 0 bridgehead atoms. The number of carbonyl (C=O) groups excluding carboxylic acids is 2. The summed E-state index contributed by atoms with van der Waals surface area (Å²) in [5, 5.41) is 0. The van der Waals surface area contributed by atoms with Gasteiger partial charge in [0, 0.05) is 12.8 Å². The Bertz CT molecular complexity index is 266. The van der Waals surface area contributed by atoms with Crippen molar-refractivity contribution in [2.45, 2.75) is 32.6 Å². The van der Waals surface area contributed by atoms with Gasteiger partial charge in [0.25, 0.3) is 0 Å². The number of hydrogen-bond acceptors (Lipinski definition) is 3. The maximum Gasteiger partial charge on any atom is 0.305 e. The summed E-state index contributed by atoms with van der Waals surface area (Å²) in [5.41, 5.74) is 0.800. The Balaban J connectivity index is 2.44. The summed E-state index contributed by atoms with van der Waals surface area (Å²) in [7, 11) is 1.36. The van der Waals surface area contributed by atoms with Crippen LogP contribution in [0.4, 0.5) is 0 Å². The molecule has 0 radical (unpaired) electrons. The molecular weight excluding hydrogens is 180 g/mol. The van der Waals surface area contributed by atoms with Crippen LogP contribution in [0.2, 0.25) is 0 Å². The maximum absolute atomic E-state index is 11.5. The fraction of sp³-hybridized carbons (Fsp3) is 0.636. The second-order valence-corrected chi connectivity index (χ2v) is 3.77. The molecule has 0 heterocycles. The Kier molecular flexibility index (Phi) is 3.86. The second-order valence-electron chi connectivity index (χ2n) is 3.77. The molecule has 3 heteroatoms. The lowest BCUT2D eigenvalue weighted by Crippen LogP contribution is -2.14. The van der Waals surface area contributed by atoms with Crippen LogP contribution in [0.5, 0.6) is 0 Å². The molecule has 1 rings (SSSR count). The summed E-state index contributed by atoms with van der Waals surface area (Å²) in [4.78, 5) is 22.3. The predicted octanol–water partition coefficient (Wildman–Crippen LogP) is 1.86. The van der Waals surface area contributed by atoms with Crippen molar-refractivity contribution in [3.8, 4) is 0 Å². The van der Waals surface area contributed by atoms with E-state index >= 15 is 0 Å². The van der Waals surface area contributed by atoms with E-state index in [0.29, 0.717) is 25.2 Å². The largest absolute Gasteiger partial charge is 0.469 e. The lowest BCUT2D eigenvalue weighted by atomic mass is 9.88. The predicted molar refractivity (Wildman–Crippen MR) is 52.7 cm³/mol. The second kappa shape index (κ2) is 4.94. The number of allylic oxidation sites excluding steroid dienone is 2. The zero-order valence-electron chi connectivity index (χ0n) is 8.71. The molecule has 0 aromatic rings.